The molecule has 3 heteroatoms. The molecule has 4 rings (SSSR count). The summed E-state index contributed by atoms with van der Waals surface area (Å²) in [5, 5.41) is 1.13. The van der Waals surface area contributed by atoms with Crippen molar-refractivity contribution in [3.63, 3.8) is 0 Å². The fourth-order valence-corrected chi connectivity index (χ4v) is 3.15. The lowest BCUT2D eigenvalue weighted by molar-refractivity contribution is 1.32. The fraction of sp³-hybridized carbons (Fsp3) is 0. The summed E-state index contributed by atoms with van der Waals surface area (Å²) in [7, 11) is 0. The Kier molecular flexibility index (Phi) is 3.28. The van der Waals surface area contributed by atoms with Crippen molar-refractivity contribution in [2.45, 2.75) is 0 Å². The summed E-state index contributed by atoms with van der Waals surface area (Å²) in [6, 6.07) is 23.0. The predicted octanol–water partition coefficient (Wildman–Crippen LogP) is 5.66. The van der Waals surface area contributed by atoms with E-state index in [0.29, 0.717) is 0 Å². The van der Waals surface area contributed by atoms with Crippen LogP contribution in [0.25, 0.3) is 33.4 Å². The highest BCUT2D eigenvalue weighted by Crippen LogP contribution is 2.30. The van der Waals surface area contributed by atoms with Crippen LogP contribution in [0.3, 0.4) is 0 Å². The molecular formula is C19H13BrN2. The average molecular weight is 349 g/mol. The Morgan fingerprint density at radius 1 is 0.818 bits per heavy atom. The van der Waals surface area contributed by atoms with Crippen LogP contribution in [0.5, 0.6) is 0 Å². The van der Waals surface area contributed by atoms with Crippen LogP contribution in [-0.4, -0.2) is 9.97 Å². The first kappa shape index (κ1) is 13.3. The Labute approximate surface area is 137 Å². The minimum absolute atomic E-state index is 0.924. The van der Waals surface area contributed by atoms with Gasteiger partial charge < -0.3 is 4.98 Å². The van der Waals surface area contributed by atoms with Gasteiger partial charge in [0.15, 0.2) is 0 Å². The quantitative estimate of drug-likeness (QED) is 0.497. The third kappa shape index (κ3) is 2.34. The van der Waals surface area contributed by atoms with Crippen LogP contribution in [-0.2, 0) is 0 Å². The zero-order valence-electron chi connectivity index (χ0n) is 11.8. The number of rotatable bonds is 2. The lowest BCUT2D eigenvalue weighted by atomic mass is 10.0. The summed E-state index contributed by atoms with van der Waals surface area (Å²) in [6.07, 6.45) is 1.80. The second-order valence-electron chi connectivity index (χ2n) is 5.18. The van der Waals surface area contributed by atoms with E-state index >= 15 is 0 Å². The fourth-order valence-electron chi connectivity index (χ4n) is 2.64. The molecule has 2 aromatic carbocycles. The van der Waals surface area contributed by atoms with Crippen LogP contribution in [0, 0.1) is 0 Å². The van der Waals surface area contributed by atoms with Crippen molar-refractivity contribution in [3.05, 3.63) is 77.4 Å². The molecule has 0 aliphatic heterocycles. The topological polar surface area (TPSA) is 28.7 Å². The molecule has 0 unspecified atom stereocenters. The van der Waals surface area contributed by atoms with Crippen LogP contribution in [0.15, 0.2) is 77.4 Å². The number of nitrogens with zero attached hydrogens (tertiary/aromatic N) is 1. The van der Waals surface area contributed by atoms with E-state index in [1.54, 1.807) is 6.20 Å². The van der Waals surface area contributed by atoms with Gasteiger partial charge in [-0.15, -0.1) is 0 Å². The molecule has 0 fully saturated rings. The maximum absolute atomic E-state index is 4.34. The molecule has 1 N–H and O–H groups in total. The summed E-state index contributed by atoms with van der Waals surface area (Å²) < 4.78 is 1.11. The Balaban J connectivity index is 1.74. The molecule has 2 aromatic heterocycles. The molecule has 0 spiro atoms. The SMILES string of the molecule is Brc1ccccc1-c1ccc(-c2cc3cccnc3[nH]2)cc1. The van der Waals surface area contributed by atoms with Crippen LogP contribution < -0.4 is 0 Å². The maximum Gasteiger partial charge on any atom is 0.137 e. The highest BCUT2D eigenvalue weighted by atomic mass is 79.9. The number of H-pyrrole nitrogens is 1. The number of aromatic amines is 1. The maximum atomic E-state index is 4.34. The third-order valence-electron chi connectivity index (χ3n) is 3.77. The van der Waals surface area contributed by atoms with Crippen LogP contribution >= 0.6 is 15.9 Å². The van der Waals surface area contributed by atoms with Crippen molar-refractivity contribution in [2.24, 2.45) is 0 Å². The van der Waals surface area contributed by atoms with Gasteiger partial charge in [0, 0.05) is 21.7 Å². The number of aromatic nitrogens is 2. The van der Waals surface area contributed by atoms with Gasteiger partial charge in [-0.25, -0.2) is 4.98 Å². The summed E-state index contributed by atoms with van der Waals surface area (Å²) in [4.78, 5) is 7.70. The van der Waals surface area contributed by atoms with Gasteiger partial charge in [0.25, 0.3) is 0 Å². The van der Waals surface area contributed by atoms with Gasteiger partial charge in [-0.1, -0.05) is 58.4 Å². The Morgan fingerprint density at radius 3 is 2.36 bits per heavy atom. The molecule has 2 heterocycles. The molecular weight excluding hydrogens is 336 g/mol. The van der Waals surface area contributed by atoms with E-state index in [4.69, 9.17) is 0 Å². The van der Waals surface area contributed by atoms with Crippen molar-refractivity contribution in [1.29, 1.82) is 0 Å². The number of hydrogen-bond donors (Lipinski definition) is 1. The molecule has 22 heavy (non-hydrogen) atoms. The first-order valence-corrected chi connectivity index (χ1v) is 7.90. The molecule has 106 valence electrons. The largest absolute Gasteiger partial charge is 0.339 e. The lowest BCUT2D eigenvalue weighted by Gasteiger charge is -2.05. The normalized spacial score (nSPS) is 11.0. The van der Waals surface area contributed by atoms with Crippen molar-refractivity contribution in [3.8, 4) is 22.4 Å². The number of nitrogens with one attached hydrogen (secondary N) is 1. The van der Waals surface area contributed by atoms with Gasteiger partial charge in [0.1, 0.15) is 5.65 Å². The van der Waals surface area contributed by atoms with E-state index < -0.39 is 0 Å². The molecule has 0 radical (unpaired) electrons. The highest BCUT2D eigenvalue weighted by Gasteiger charge is 2.05. The molecule has 2 nitrogen and oxygen atoms in total. The second kappa shape index (κ2) is 5.43. The Morgan fingerprint density at radius 2 is 1.59 bits per heavy atom. The van der Waals surface area contributed by atoms with E-state index in [2.05, 4.69) is 80.5 Å². The van der Waals surface area contributed by atoms with Crippen molar-refractivity contribution in [2.75, 3.05) is 0 Å². The van der Waals surface area contributed by atoms with Crippen molar-refractivity contribution < 1.29 is 0 Å². The molecule has 0 aliphatic carbocycles. The number of benzene rings is 2. The monoisotopic (exact) mass is 348 g/mol. The molecule has 0 saturated carbocycles. The smallest absolute Gasteiger partial charge is 0.137 e. The first-order chi connectivity index (χ1) is 10.8. The average Bonchev–Trinajstić information content (AvgIpc) is 2.99. The lowest BCUT2D eigenvalue weighted by Crippen LogP contribution is -1.81. The van der Waals surface area contributed by atoms with Gasteiger partial charge >= 0.3 is 0 Å². The molecule has 4 aromatic rings. The van der Waals surface area contributed by atoms with Crippen molar-refractivity contribution >= 4 is 27.0 Å². The molecule has 0 atom stereocenters. The number of fused-ring (bicyclic) bond motifs is 1. The number of halogens is 1. The Bertz CT molecular complexity index is 906. The van der Waals surface area contributed by atoms with E-state index in [0.717, 1.165) is 26.8 Å². The first-order valence-electron chi connectivity index (χ1n) is 7.10. The van der Waals surface area contributed by atoms with Crippen LogP contribution in [0.4, 0.5) is 0 Å². The summed E-state index contributed by atoms with van der Waals surface area (Å²) in [5.41, 5.74) is 5.58. The van der Waals surface area contributed by atoms with Gasteiger partial charge in [0.05, 0.1) is 0 Å². The minimum atomic E-state index is 0.924. The van der Waals surface area contributed by atoms with E-state index in [-0.39, 0.29) is 0 Å². The summed E-state index contributed by atoms with van der Waals surface area (Å²) in [6.45, 7) is 0. The van der Waals surface area contributed by atoms with E-state index in [1.165, 1.54) is 11.1 Å². The molecule has 0 bridgehead atoms. The van der Waals surface area contributed by atoms with Crippen molar-refractivity contribution in [1.82, 2.24) is 9.97 Å². The standard InChI is InChI=1S/C19H13BrN2/c20-17-6-2-1-5-16(17)13-7-9-14(10-8-13)18-12-15-4-3-11-21-19(15)22-18/h1-12H,(H,21,22). The third-order valence-corrected chi connectivity index (χ3v) is 4.46. The predicted molar refractivity (Wildman–Crippen MR) is 94.7 cm³/mol. The zero-order chi connectivity index (χ0) is 14.9. The van der Waals surface area contributed by atoms with Gasteiger partial charge in [-0.2, -0.15) is 0 Å². The van der Waals surface area contributed by atoms with Gasteiger partial charge in [-0.3, -0.25) is 0 Å². The zero-order valence-corrected chi connectivity index (χ0v) is 13.3. The second-order valence-corrected chi connectivity index (χ2v) is 6.04. The molecule has 0 saturated heterocycles. The number of hydrogen-bond acceptors (Lipinski definition) is 1. The Hall–Kier alpha value is -2.39. The van der Waals surface area contributed by atoms with E-state index in [1.807, 2.05) is 12.1 Å². The summed E-state index contributed by atoms with van der Waals surface area (Å²) >= 11 is 3.61. The number of pyridine rings is 1. The summed E-state index contributed by atoms with van der Waals surface area (Å²) in [5.74, 6) is 0. The van der Waals surface area contributed by atoms with Gasteiger partial charge in [0.2, 0.25) is 0 Å². The van der Waals surface area contributed by atoms with E-state index in [9.17, 15) is 0 Å². The van der Waals surface area contributed by atoms with Crippen LogP contribution in [0.1, 0.15) is 0 Å². The highest BCUT2D eigenvalue weighted by molar-refractivity contribution is 9.10. The van der Waals surface area contributed by atoms with Crippen LogP contribution in [0.2, 0.25) is 0 Å². The minimum Gasteiger partial charge on any atom is -0.339 e. The van der Waals surface area contributed by atoms with Gasteiger partial charge in [-0.05, 0) is 41.0 Å². The molecule has 0 amide bonds. The molecule has 0 aliphatic rings.